The normalized spacial score (nSPS) is 18.6. The summed E-state index contributed by atoms with van der Waals surface area (Å²) in [4.78, 5) is 22.5. The molecule has 7 heteroatoms. The lowest BCUT2D eigenvalue weighted by molar-refractivity contribution is -0.424. The molecule has 0 aliphatic carbocycles. The third kappa shape index (κ3) is 7.68. The monoisotopic (exact) mass is 370 g/mol. The SMILES string of the molecule is C=CC(=O)OCCC1(OCC(C)(C)COC(=O)C=C)OCC(C)(C)CO1. The van der Waals surface area contributed by atoms with Crippen molar-refractivity contribution in [3.63, 3.8) is 0 Å². The summed E-state index contributed by atoms with van der Waals surface area (Å²) < 4.78 is 27.7. The number of hydrogen-bond donors (Lipinski definition) is 0. The molecular formula is C19H30O7. The van der Waals surface area contributed by atoms with E-state index in [9.17, 15) is 9.59 Å². The van der Waals surface area contributed by atoms with Gasteiger partial charge in [0.25, 0.3) is 5.97 Å². The van der Waals surface area contributed by atoms with E-state index in [-0.39, 0.29) is 31.7 Å². The molecule has 0 saturated carbocycles. The van der Waals surface area contributed by atoms with Crippen molar-refractivity contribution in [1.82, 2.24) is 0 Å². The fraction of sp³-hybridized carbons (Fsp3) is 0.684. The summed E-state index contributed by atoms with van der Waals surface area (Å²) in [6.07, 6.45) is 2.42. The van der Waals surface area contributed by atoms with Crippen LogP contribution >= 0.6 is 0 Å². The summed E-state index contributed by atoms with van der Waals surface area (Å²) in [6, 6.07) is 0. The molecule has 1 fully saturated rings. The van der Waals surface area contributed by atoms with Crippen molar-refractivity contribution in [2.45, 2.75) is 40.1 Å². The third-order valence-corrected chi connectivity index (χ3v) is 3.64. The maximum atomic E-state index is 11.2. The second-order valence-electron chi connectivity index (χ2n) is 7.81. The Morgan fingerprint density at radius 1 is 1.04 bits per heavy atom. The van der Waals surface area contributed by atoms with Gasteiger partial charge in [0, 0.05) is 23.0 Å². The zero-order valence-electron chi connectivity index (χ0n) is 16.2. The van der Waals surface area contributed by atoms with Gasteiger partial charge < -0.3 is 23.7 Å². The van der Waals surface area contributed by atoms with Crippen molar-refractivity contribution >= 4 is 11.9 Å². The molecule has 0 aromatic heterocycles. The van der Waals surface area contributed by atoms with Crippen LogP contribution in [0.5, 0.6) is 0 Å². The van der Waals surface area contributed by atoms with Crippen molar-refractivity contribution in [3.05, 3.63) is 25.3 Å². The highest BCUT2D eigenvalue weighted by Gasteiger charge is 2.43. The lowest BCUT2D eigenvalue weighted by Gasteiger charge is -2.43. The molecule has 0 aromatic rings. The van der Waals surface area contributed by atoms with Gasteiger partial charge in [0.15, 0.2) is 0 Å². The van der Waals surface area contributed by atoms with Gasteiger partial charge in [-0.3, -0.25) is 0 Å². The van der Waals surface area contributed by atoms with E-state index in [1.54, 1.807) is 0 Å². The Balaban J connectivity index is 2.66. The highest BCUT2D eigenvalue weighted by atomic mass is 16.9. The second kappa shape index (κ2) is 9.30. The van der Waals surface area contributed by atoms with Gasteiger partial charge in [0.2, 0.25) is 0 Å². The number of carbonyl (C=O) groups excluding carboxylic acids is 2. The molecule has 1 heterocycles. The Bertz CT molecular complexity index is 512. The Hall–Kier alpha value is -1.70. The number of ether oxygens (including phenoxy) is 5. The Morgan fingerprint density at radius 2 is 1.58 bits per heavy atom. The summed E-state index contributed by atoms with van der Waals surface area (Å²) in [5.41, 5.74) is -0.608. The molecule has 148 valence electrons. The van der Waals surface area contributed by atoms with Crippen LogP contribution in [0, 0.1) is 10.8 Å². The molecule has 0 atom stereocenters. The first kappa shape index (κ1) is 22.3. The summed E-state index contributed by atoms with van der Waals surface area (Å²) in [7, 11) is 0. The molecule has 0 radical (unpaired) electrons. The zero-order chi connectivity index (χ0) is 19.8. The van der Waals surface area contributed by atoms with E-state index in [0.717, 1.165) is 12.2 Å². The first-order chi connectivity index (χ1) is 12.0. The molecule has 0 spiro atoms. The summed E-state index contributed by atoms with van der Waals surface area (Å²) >= 11 is 0. The quantitative estimate of drug-likeness (QED) is 0.432. The standard InChI is InChI=1S/C19H30O7/c1-7-15(20)22-10-9-19(25-13-18(5,6)14-26-19)24-12-17(3,4)11-23-16(21)8-2/h7-8H,1-2,9-14H2,3-6H3. The van der Waals surface area contributed by atoms with E-state index in [4.69, 9.17) is 23.7 Å². The van der Waals surface area contributed by atoms with Crippen molar-refractivity contribution in [3.8, 4) is 0 Å². The van der Waals surface area contributed by atoms with Crippen molar-refractivity contribution in [2.24, 2.45) is 10.8 Å². The average molecular weight is 370 g/mol. The second-order valence-corrected chi connectivity index (χ2v) is 7.81. The van der Waals surface area contributed by atoms with Crippen LogP contribution < -0.4 is 0 Å². The van der Waals surface area contributed by atoms with Crippen LogP contribution in [0.2, 0.25) is 0 Å². The zero-order valence-corrected chi connectivity index (χ0v) is 16.2. The molecular weight excluding hydrogens is 340 g/mol. The van der Waals surface area contributed by atoms with Crippen LogP contribution in [0.1, 0.15) is 34.1 Å². The first-order valence-corrected chi connectivity index (χ1v) is 8.53. The molecule has 26 heavy (non-hydrogen) atoms. The van der Waals surface area contributed by atoms with Gasteiger partial charge in [-0.05, 0) is 0 Å². The molecule has 1 aliphatic heterocycles. The largest absolute Gasteiger partial charge is 0.462 e. The van der Waals surface area contributed by atoms with E-state index < -0.39 is 23.3 Å². The summed E-state index contributed by atoms with van der Waals surface area (Å²) in [5.74, 6) is -2.32. The van der Waals surface area contributed by atoms with Gasteiger partial charge in [-0.15, -0.1) is 0 Å². The van der Waals surface area contributed by atoms with E-state index in [0.29, 0.717) is 13.2 Å². The summed E-state index contributed by atoms with van der Waals surface area (Å²) in [5, 5.41) is 0. The van der Waals surface area contributed by atoms with E-state index in [2.05, 4.69) is 13.2 Å². The molecule has 0 N–H and O–H groups in total. The Labute approximate surface area is 155 Å². The number of hydrogen-bond acceptors (Lipinski definition) is 7. The predicted molar refractivity (Wildman–Crippen MR) is 95.1 cm³/mol. The van der Waals surface area contributed by atoms with Crippen LogP contribution in [0.3, 0.4) is 0 Å². The van der Waals surface area contributed by atoms with Crippen molar-refractivity contribution in [2.75, 3.05) is 33.0 Å². The highest BCUT2D eigenvalue weighted by molar-refractivity contribution is 5.81. The van der Waals surface area contributed by atoms with Gasteiger partial charge in [0.1, 0.15) is 0 Å². The minimum Gasteiger partial charge on any atom is -0.462 e. The Morgan fingerprint density at radius 3 is 2.12 bits per heavy atom. The van der Waals surface area contributed by atoms with Crippen molar-refractivity contribution in [1.29, 1.82) is 0 Å². The lowest BCUT2D eigenvalue weighted by atomic mass is 9.95. The van der Waals surface area contributed by atoms with Crippen LogP contribution in [0.25, 0.3) is 0 Å². The van der Waals surface area contributed by atoms with Gasteiger partial charge >= 0.3 is 11.9 Å². The van der Waals surface area contributed by atoms with E-state index in [1.807, 2.05) is 27.7 Å². The fourth-order valence-corrected chi connectivity index (χ4v) is 2.00. The molecule has 1 saturated heterocycles. The molecule has 1 aliphatic rings. The Kier molecular flexibility index (Phi) is 7.99. The molecule has 7 nitrogen and oxygen atoms in total. The fourth-order valence-electron chi connectivity index (χ4n) is 2.00. The molecule has 0 bridgehead atoms. The van der Waals surface area contributed by atoms with Crippen LogP contribution in [0.4, 0.5) is 0 Å². The minimum atomic E-state index is -1.31. The third-order valence-electron chi connectivity index (χ3n) is 3.64. The maximum absolute atomic E-state index is 11.2. The topological polar surface area (TPSA) is 80.3 Å². The van der Waals surface area contributed by atoms with Crippen LogP contribution in [-0.2, 0) is 33.3 Å². The van der Waals surface area contributed by atoms with Crippen LogP contribution in [-0.4, -0.2) is 50.9 Å². The first-order valence-electron chi connectivity index (χ1n) is 8.53. The van der Waals surface area contributed by atoms with Crippen molar-refractivity contribution < 1.29 is 33.3 Å². The smallest absolute Gasteiger partial charge is 0.330 e. The molecule has 0 aromatic carbocycles. The molecule has 0 unspecified atom stereocenters. The van der Waals surface area contributed by atoms with Gasteiger partial charge in [-0.1, -0.05) is 40.9 Å². The predicted octanol–water partition coefficient (Wildman–Crippen LogP) is 2.60. The average Bonchev–Trinajstić information content (AvgIpc) is 2.60. The summed E-state index contributed by atoms with van der Waals surface area (Å²) in [6.45, 7) is 15.9. The lowest BCUT2D eigenvalue weighted by Crippen LogP contribution is -2.51. The number of carbonyl (C=O) groups is 2. The molecule has 1 rings (SSSR count). The molecule has 0 amide bonds. The number of rotatable bonds is 10. The van der Waals surface area contributed by atoms with Gasteiger partial charge in [0.05, 0.1) is 39.5 Å². The van der Waals surface area contributed by atoms with Crippen LogP contribution in [0.15, 0.2) is 25.3 Å². The highest BCUT2D eigenvalue weighted by Crippen LogP contribution is 2.34. The number of esters is 2. The van der Waals surface area contributed by atoms with Gasteiger partial charge in [-0.25, -0.2) is 9.59 Å². The van der Waals surface area contributed by atoms with Gasteiger partial charge in [-0.2, -0.15) is 0 Å². The van der Waals surface area contributed by atoms with E-state index in [1.165, 1.54) is 0 Å². The maximum Gasteiger partial charge on any atom is 0.330 e. The minimum absolute atomic E-state index is 0.0666. The van der Waals surface area contributed by atoms with E-state index >= 15 is 0 Å².